The van der Waals surface area contributed by atoms with E-state index in [9.17, 15) is 2.73 Å². The van der Waals surface area contributed by atoms with Crippen LogP contribution in [0.1, 0.15) is 0 Å². The topological polar surface area (TPSA) is 17.1 Å². The minimum absolute atomic E-state index is 0.125. The van der Waals surface area contributed by atoms with Crippen molar-refractivity contribution < 1.29 is 24.6 Å². The second-order valence-electron chi connectivity index (χ2n) is 0.101. The average Bonchev–Trinajstić information content (AvgIpc) is 1.46. The van der Waals surface area contributed by atoms with E-state index in [2.05, 4.69) is 0 Å². The van der Waals surface area contributed by atoms with Crippen molar-refractivity contribution in [3.8, 4) is 0 Å². The van der Waals surface area contributed by atoms with Gasteiger partial charge in [0.25, 0.3) is 0 Å². The normalized spacial score (nSPS) is 3.20. The first kappa shape index (κ1) is 9.74. The standard InChI is InChI=1S/Ca.2FH.O.Zn/h;2*1H;;/q+2;;;;/p-2. The van der Waals surface area contributed by atoms with E-state index in [4.69, 9.17) is 3.57 Å². The molecule has 0 atom stereocenters. The summed E-state index contributed by atoms with van der Waals surface area (Å²) < 4.78 is 28.0. The summed E-state index contributed by atoms with van der Waals surface area (Å²) in [5.41, 5.74) is 0. The van der Waals surface area contributed by atoms with Crippen LogP contribution in [0.15, 0.2) is 0 Å². The average molecular weight is 159 g/mol. The second kappa shape index (κ2) is 17.7. The van der Waals surface area contributed by atoms with Crippen molar-refractivity contribution in [3.63, 3.8) is 0 Å². The van der Waals surface area contributed by atoms with Gasteiger partial charge in [0.2, 0.25) is 0 Å². The van der Waals surface area contributed by atoms with Gasteiger partial charge in [-0.05, 0) is 0 Å². The van der Waals surface area contributed by atoms with Crippen molar-refractivity contribution in [3.05, 3.63) is 0 Å². The fourth-order valence-electron chi connectivity index (χ4n) is 0. The van der Waals surface area contributed by atoms with E-state index in [0.29, 0.717) is 0 Å². The molecule has 0 amide bonds. The van der Waals surface area contributed by atoms with Gasteiger partial charge in [0.05, 0.1) is 0 Å². The van der Waals surface area contributed by atoms with Crippen LogP contribution in [0.5, 0.6) is 0 Å². The van der Waals surface area contributed by atoms with Crippen LogP contribution in [0, 0.1) is 0 Å². The first-order valence-electron chi connectivity index (χ1n) is 0.823. The molecule has 0 aliphatic heterocycles. The van der Waals surface area contributed by atoms with Gasteiger partial charge in [0.15, 0.2) is 0 Å². The summed E-state index contributed by atoms with van der Waals surface area (Å²) in [6, 6.07) is 0. The Balaban J connectivity index is 0. The Kier molecular flexibility index (Phi) is 34.5. The van der Waals surface area contributed by atoms with Gasteiger partial charge in [-0.15, -0.1) is 0 Å². The molecule has 0 saturated carbocycles. The zero-order valence-corrected chi connectivity index (χ0v) is 7.75. The van der Waals surface area contributed by atoms with E-state index < -0.39 is 35.4 Å². The Hall–Kier alpha value is 1.54. The van der Waals surface area contributed by atoms with Gasteiger partial charge in [-0.3, -0.25) is 0 Å². The van der Waals surface area contributed by atoms with Crippen molar-refractivity contribution in [2.75, 3.05) is 0 Å². The molecule has 0 spiro atoms. The molecule has 5 heavy (non-hydrogen) atoms. The molecule has 1 nitrogen and oxygen atoms in total. The maximum absolute atomic E-state index is 9.81. The Morgan fingerprint density at radius 1 is 1.40 bits per heavy atom. The molecule has 0 fully saturated rings. The van der Waals surface area contributed by atoms with Crippen molar-refractivity contribution in [2.24, 2.45) is 0 Å². The third kappa shape index (κ3) is 29.2. The van der Waals surface area contributed by atoms with Gasteiger partial charge in [-0.2, -0.15) is 0 Å². The number of hydrogen-bond donors (Lipinski definition) is 0. The first-order chi connectivity index (χ1) is 2.41. The zero-order valence-electron chi connectivity index (χ0n) is 2.58. The Bertz CT molecular complexity index is 13.6. The van der Waals surface area contributed by atoms with Gasteiger partial charge < -0.3 is 0 Å². The SMILES string of the molecule is [F][Ca][F].[O]=[Zn]. The zero-order chi connectivity index (χ0) is 4.71. The summed E-state index contributed by atoms with van der Waals surface area (Å²) >= 11 is -2.75. The van der Waals surface area contributed by atoms with E-state index >= 15 is 0 Å². The Morgan fingerprint density at radius 3 is 1.40 bits per heavy atom. The van der Waals surface area contributed by atoms with Gasteiger partial charge in [-0.25, -0.2) is 0 Å². The van der Waals surface area contributed by atoms with Crippen molar-refractivity contribution >= 4 is 35.4 Å². The molecule has 0 aliphatic rings. The van der Waals surface area contributed by atoms with E-state index in [1.807, 2.05) is 0 Å². The van der Waals surface area contributed by atoms with Crippen LogP contribution in [0.3, 0.4) is 0 Å². The monoisotopic (exact) mass is 158 g/mol. The van der Waals surface area contributed by atoms with Crippen LogP contribution < -0.4 is 0 Å². The molecule has 5 heteroatoms. The quantitative estimate of drug-likeness (QED) is 0.466. The number of hydrogen-bond acceptors (Lipinski definition) is 1. The van der Waals surface area contributed by atoms with E-state index in [-0.39, 0.29) is 18.3 Å². The van der Waals surface area contributed by atoms with Crippen LogP contribution >= 0.6 is 0 Å². The molecular weight excluding hydrogens is 159 g/mol. The van der Waals surface area contributed by atoms with Crippen molar-refractivity contribution in [1.82, 2.24) is 0 Å². The molecule has 0 bridgehead atoms. The summed E-state index contributed by atoms with van der Waals surface area (Å²) in [5, 5.41) is 0. The molecule has 0 radical (unpaired) electrons. The molecule has 0 saturated heterocycles. The fraction of sp³-hybridized carbons (Fsp3) is 0. The fourth-order valence-corrected chi connectivity index (χ4v) is 0. The number of rotatable bonds is 0. The van der Waals surface area contributed by atoms with Crippen LogP contribution in [0.25, 0.3) is 0 Å². The minimum atomic E-state index is -2.88. The van der Waals surface area contributed by atoms with E-state index in [0.717, 1.165) is 0 Å². The molecule has 0 heterocycles. The number of halogens is 2. The third-order valence-corrected chi connectivity index (χ3v) is 0. The third-order valence-electron chi connectivity index (χ3n) is 0. The molecule has 0 aliphatic carbocycles. The summed E-state index contributed by atoms with van der Waals surface area (Å²) in [6.07, 6.45) is 0. The van der Waals surface area contributed by atoms with Crippen LogP contribution in [-0.2, 0) is 21.8 Å². The molecule has 0 unspecified atom stereocenters. The summed E-state index contributed by atoms with van der Waals surface area (Å²) in [6.45, 7) is 0. The summed E-state index contributed by atoms with van der Waals surface area (Å²) in [4.78, 5) is 0. The van der Waals surface area contributed by atoms with Gasteiger partial charge in [0.1, 0.15) is 0 Å². The van der Waals surface area contributed by atoms with Crippen LogP contribution in [0.2, 0.25) is 0 Å². The molecule has 24 valence electrons. The molecule has 0 aromatic heterocycles. The van der Waals surface area contributed by atoms with Gasteiger partial charge >= 0.3 is 59.9 Å². The predicted octanol–water partition coefficient (Wildman–Crippen LogP) is 0.338. The van der Waals surface area contributed by atoms with Crippen molar-refractivity contribution in [1.29, 1.82) is 0 Å². The molecular formula is CaF2OZn. The van der Waals surface area contributed by atoms with E-state index in [1.165, 1.54) is 0 Å². The molecule has 0 aromatic rings. The summed E-state index contributed by atoms with van der Waals surface area (Å²) in [7, 11) is 0. The van der Waals surface area contributed by atoms with Gasteiger partial charge in [-0.1, -0.05) is 0 Å². The molecule has 0 N–H and O–H groups in total. The second-order valence-corrected chi connectivity index (χ2v) is 0.416. The van der Waals surface area contributed by atoms with Crippen LogP contribution in [0.4, 0.5) is 2.73 Å². The molecule has 0 aromatic carbocycles. The predicted molar refractivity (Wildman–Crippen MR) is 8.66 cm³/mol. The van der Waals surface area contributed by atoms with Gasteiger partial charge in [0, 0.05) is 0 Å². The Morgan fingerprint density at radius 2 is 1.40 bits per heavy atom. The Labute approximate surface area is 59.2 Å². The maximum atomic E-state index is 9.81. The van der Waals surface area contributed by atoms with Crippen molar-refractivity contribution in [2.45, 2.75) is 0 Å². The van der Waals surface area contributed by atoms with E-state index in [1.54, 1.807) is 0 Å². The van der Waals surface area contributed by atoms with Crippen LogP contribution in [-0.4, -0.2) is 35.4 Å². The first-order valence-corrected chi connectivity index (χ1v) is 3.70. The molecule has 0 rings (SSSR count). The summed E-state index contributed by atoms with van der Waals surface area (Å²) in [5.74, 6) is 0.